The van der Waals surface area contributed by atoms with Crippen molar-refractivity contribution in [3.8, 4) is 0 Å². The van der Waals surface area contributed by atoms with Crippen LogP contribution in [0.1, 0.15) is 16.7 Å². The maximum Gasteiger partial charge on any atom is 0.0870 e. The first-order chi connectivity index (χ1) is 15.8. The lowest BCUT2D eigenvalue weighted by molar-refractivity contribution is -0.0522. The van der Waals surface area contributed by atoms with E-state index in [1.165, 1.54) is 16.7 Å². The van der Waals surface area contributed by atoms with Crippen molar-refractivity contribution in [3.05, 3.63) is 108 Å². The zero-order chi connectivity index (χ0) is 22.0. The molecule has 0 bridgehead atoms. The standard InChI is InChI=1S/C28H32O3S/c1-32-21-25-27(28(25)31-19-24-15-9-4-10-16-24)26(30-18-23-13-7-3-8-14-23)20-29-17-22-11-5-2-6-12-22/h2-16,25-28H,17-21H2,1H3/t25?,26?,27-,28-/m0/s1. The van der Waals surface area contributed by atoms with Crippen molar-refractivity contribution in [3.63, 3.8) is 0 Å². The van der Waals surface area contributed by atoms with Gasteiger partial charge in [0.2, 0.25) is 0 Å². The Morgan fingerprint density at radius 3 is 1.81 bits per heavy atom. The first-order valence-electron chi connectivity index (χ1n) is 11.3. The van der Waals surface area contributed by atoms with Gasteiger partial charge in [0.05, 0.1) is 38.6 Å². The number of hydrogen-bond acceptors (Lipinski definition) is 4. The van der Waals surface area contributed by atoms with E-state index >= 15 is 0 Å². The zero-order valence-electron chi connectivity index (χ0n) is 18.6. The van der Waals surface area contributed by atoms with Crippen molar-refractivity contribution in [2.45, 2.75) is 32.0 Å². The van der Waals surface area contributed by atoms with E-state index in [1.807, 2.05) is 42.1 Å². The molecule has 0 spiro atoms. The topological polar surface area (TPSA) is 27.7 Å². The lowest BCUT2D eigenvalue weighted by Crippen LogP contribution is -2.25. The van der Waals surface area contributed by atoms with Gasteiger partial charge in [-0.15, -0.1) is 0 Å². The minimum absolute atomic E-state index is 0.0110. The Kier molecular flexibility index (Phi) is 8.80. The summed E-state index contributed by atoms with van der Waals surface area (Å²) < 4.78 is 18.9. The van der Waals surface area contributed by atoms with Crippen LogP contribution in [-0.2, 0) is 34.0 Å². The number of hydrogen-bond donors (Lipinski definition) is 0. The van der Waals surface area contributed by atoms with E-state index < -0.39 is 0 Å². The largest absolute Gasteiger partial charge is 0.374 e. The van der Waals surface area contributed by atoms with E-state index in [2.05, 4.69) is 66.9 Å². The Morgan fingerprint density at radius 2 is 1.25 bits per heavy atom. The second-order valence-electron chi connectivity index (χ2n) is 8.29. The van der Waals surface area contributed by atoms with Crippen LogP contribution >= 0.6 is 11.8 Å². The van der Waals surface area contributed by atoms with Crippen LogP contribution < -0.4 is 0 Å². The lowest BCUT2D eigenvalue weighted by atomic mass is 10.2. The first kappa shape index (κ1) is 23.1. The Labute approximate surface area is 196 Å². The number of thioether (sulfide) groups is 1. The summed E-state index contributed by atoms with van der Waals surface area (Å²) in [6.07, 6.45) is 2.38. The molecule has 0 N–H and O–H groups in total. The highest BCUT2D eigenvalue weighted by molar-refractivity contribution is 7.98. The summed E-state index contributed by atoms with van der Waals surface area (Å²) in [6.45, 7) is 2.40. The van der Waals surface area contributed by atoms with Crippen molar-refractivity contribution >= 4 is 11.8 Å². The van der Waals surface area contributed by atoms with Crippen LogP contribution in [0, 0.1) is 11.8 Å². The molecular formula is C28H32O3S. The highest BCUT2D eigenvalue weighted by Gasteiger charge is 2.55. The quantitative estimate of drug-likeness (QED) is 0.321. The maximum atomic E-state index is 6.43. The fourth-order valence-electron chi connectivity index (χ4n) is 4.17. The van der Waals surface area contributed by atoms with Gasteiger partial charge >= 0.3 is 0 Å². The molecular weight excluding hydrogens is 416 g/mol. The van der Waals surface area contributed by atoms with Crippen LogP contribution in [-0.4, -0.2) is 30.8 Å². The highest BCUT2D eigenvalue weighted by Crippen LogP contribution is 2.47. The normalized spacial score (nSPS) is 20.7. The molecule has 4 heteroatoms. The summed E-state index contributed by atoms with van der Waals surface area (Å²) in [4.78, 5) is 0. The molecule has 1 fully saturated rings. The van der Waals surface area contributed by atoms with Gasteiger partial charge in [0.25, 0.3) is 0 Å². The minimum Gasteiger partial charge on any atom is -0.374 e. The summed E-state index contributed by atoms with van der Waals surface area (Å²) >= 11 is 1.88. The summed E-state index contributed by atoms with van der Waals surface area (Å²) in [5.41, 5.74) is 3.58. The van der Waals surface area contributed by atoms with Gasteiger partial charge in [0.15, 0.2) is 0 Å². The van der Waals surface area contributed by atoms with Crippen molar-refractivity contribution in [1.29, 1.82) is 0 Å². The molecule has 1 saturated carbocycles. The van der Waals surface area contributed by atoms with Crippen LogP contribution in [0.5, 0.6) is 0 Å². The average Bonchev–Trinajstić information content (AvgIpc) is 3.54. The fourth-order valence-corrected chi connectivity index (χ4v) is 4.97. The molecule has 0 aliphatic heterocycles. The molecule has 3 nitrogen and oxygen atoms in total. The van der Waals surface area contributed by atoms with Crippen molar-refractivity contribution in [1.82, 2.24) is 0 Å². The predicted octanol–water partition coefficient (Wildman–Crippen LogP) is 5.98. The Bertz CT molecular complexity index is 904. The van der Waals surface area contributed by atoms with Crippen LogP contribution in [0.25, 0.3) is 0 Å². The zero-order valence-corrected chi connectivity index (χ0v) is 19.5. The molecule has 4 rings (SSSR count). The van der Waals surface area contributed by atoms with E-state index in [4.69, 9.17) is 14.2 Å². The lowest BCUT2D eigenvalue weighted by Gasteiger charge is -2.19. The molecule has 4 atom stereocenters. The van der Waals surface area contributed by atoms with Crippen molar-refractivity contribution < 1.29 is 14.2 Å². The summed E-state index contributed by atoms with van der Waals surface area (Å²) in [7, 11) is 0. The molecule has 0 radical (unpaired) electrons. The molecule has 1 aliphatic rings. The molecule has 0 heterocycles. The van der Waals surface area contributed by atoms with Gasteiger partial charge in [-0.3, -0.25) is 0 Å². The van der Waals surface area contributed by atoms with Gasteiger partial charge in [-0.25, -0.2) is 0 Å². The van der Waals surface area contributed by atoms with Gasteiger partial charge in [-0.1, -0.05) is 91.0 Å². The number of benzene rings is 3. The first-order valence-corrected chi connectivity index (χ1v) is 12.7. The SMILES string of the molecule is CSCC1[C@@H](C(COCc2ccccc2)OCc2ccccc2)[C@H]1OCc1ccccc1. The summed E-state index contributed by atoms with van der Waals surface area (Å²) in [6, 6.07) is 31.1. The third-order valence-electron chi connectivity index (χ3n) is 5.93. The van der Waals surface area contributed by atoms with Gasteiger partial charge in [0, 0.05) is 11.8 Å². The predicted molar refractivity (Wildman–Crippen MR) is 131 cm³/mol. The van der Waals surface area contributed by atoms with Crippen LogP contribution in [0.3, 0.4) is 0 Å². The monoisotopic (exact) mass is 448 g/mol. The number of ether oxygens (including phenoxy) is 3. The Hall–Kier alpha value is -2.11. The molecule has 168 valence electrons. The molecule has 0 saturated heterocycles. The van der Waals surface area contributed by atoms with Gasteiger partial charge in [0.1, 0.15) is 0 Å². The smallest absolute Gasteiger partial charge is 0.0870 e. The van der Waals surface area contributed by atoms with Crippen LogP contribution in [0.2, 0.25) is 0 Å². The third-order valence-corrected chi connectivity index (χ3v) is 6.65. The summed E-state index contributed by atoms with van der Waals surface area (Å²) in [5, 5.41) is 0. The van der Waals surface area contributed by atoms with Crippen LogP contribution in [0.15, 0.2) is 91.0 Å². The van der Waals surface area contributed by atoms with E-state index in [-0.39, 0.29) is 12.2 Å². The maximum absolute atomic E-state index is 6.43. The van der Waals surface area contributed by atoms with Crippen LogP contribution in [0.4, 0.5) is 0 Å². The summed E-state index contributed by atoms with van der Waals surface area (Å²) in [5.74, 6) is 1.93. The van der Waals surface area contributed by atoms with Gasteiger partial charge in [-0.05, 0) is 28.7 Å². The van der Waals surface area contributed by atoms with Crippen molar-refractivity contribution in [2.24, 2.45) is 11.8 Å². The molecule has 3 aromatic carbocycles. The van der Waals surface area contributed by atoms with E-state index in [0.29, 0.717) is 38.3 Å². The van der Waals surface area contributed by atoms with E-state index in [1.54, 1.807) is 0 Å². The second-order valence-corrected chi connectivity index (χ2v) is 9.20. The molecule has 3 aromatic rings. The molecule has 0 amide bonds. The third kappa shape index (κ3) is 6.69. The Morgan fingerprint density at radius 1 is 0.719 bits per heavy atom. The average molecular weight is 449 g/mol. The molecule has 2 unspecified atom stereocenters. The Balaban J connectivity index is 1.38. The second kappa shape index (κ2) is 12.2. The van der Waals surface area contributed by atoms with Crippen molar-refractivity contribution in [2.75, 3.05) is 18.6 Å². The highest BCUT2D eigenvalue weighted by atomic mass is 32.2. The molecule has 0 aromatic heterocycles. The minimum atomic E-state index is 0.0110. The van der Waals surface area contributed by atoms with E-state index in [9.17, 15) is 0 Å². The fraction of sp³-hybridized carbons (Fsp3) is 0.357. The van der Waals surface area contributed by atoms with Gasteiger partial charge < -0.3 is 14.2 Å². The molecule has 1 aliphatic carbocycles. The van der Waals surface area contributed by atoms with E-state index in [0.717, 1.165) is 5.75 Å². The number of rotatable bonds is 13. The van der Waals surface area contributed by atoms with Gasteiger partial charge in [-0.2, -0.15) is 11.8 Å². The molecule has 32 heavy (non-hydrogen) atoms.